The molecule has 1 fully saturated rings. The maximum absolute atomic E-state index is 12.3. The fraction of sp³-hybridized carbons (Fsp3) is 0.500. The summed E-state index contributed by atoms with van der Waals surface area (Å²) in [5.74, 6) is -1.62. The van der Waals surface area contributed by atoms with Gasteiger partial charge in [0.2, 0.25) is 0 Å². The highest BCUT2D eigenvalue weighted by atomic mass is 79.9. The first-order valence-electron chi connectivity index (χ1n) is 7.34. The molecule has 5 nitrogen and oxygen atoms in total. The molecular formula is C16H20BrNO4. The molecule has 1 aromatic carbocycles. The Labute approximate surface area is 138 Å². The summed E-state index contributed by atoms with van der Waals surface area (Å²) < 4.78 is 6.13. The Kier molecular flexibility index (Phi) is 5.97. The molecule has 1 heterocycles. The first kappa shape index (κ1) is 17.0. The van der Waals surface area contributed by atoms with Crippen LogP contribution in [0, 0.1) is 18.8 Å². The van der Waals surface area contributed by atoms with E-state index in [-0.39, 0.29) is 18.4 Å². The van der Waals surface area contributed by atoms with E-state index >= 15 is 0 Å². The van der Waals surface area contributed by atoms with Crippen LogP contribution in [-0.2, 0) is 9.53 Å². The molecule has 22 heavy (non-hydrogen) atoms. The average Bonchev–Trinajstić information content (AvgIpc) is 2.50. The first-order valence-corrected chi connectivity index (χ1v) is 8.14. The van der Waals surface area contributed by atoms with Crippen LogP contribution in [0.2, 0.25) is 0 Å². The van der Waals surface area contributed by atoms with E-state index in [2.05, 4.69) is 21.2 Å². The molecule has 1 aliphatic heterocycles. The van der Waals surface area contributed by atoms with Gasteiger partial charge in [0, 0.05) is 29.8 Å². The van der Waals surface area contributed by atoms with Gasteiger partial charge in [-0.05, 0) is 43.4 Å². The predicted octanol–water partition coefficient (Wildman–Crippen LogP) is 2.61. The number of ether oxygens (including phenoxy) is 1. The molecule has 120 valence electrons. The van der Waals surface area contributed by atoms with Gasteiger partial charge in [-0.2, -0.15) is 0 Å². The van der Waals surface area contributed by atoms with Crippen molar-refractivity contribution < 1.29 is 19.4 Å². The summed E-state index contributed by atoms with van der Waals surface area (Å²) in [5.41, 5.74) is 1.41. The largest absolute Gasteiger partial charge is 0.481 e. The number of hydrogen-bond acceptors (Lipinski definition) is 3. The van der Waals surface area contributed by atoms with Crippen LogP contribution >= 0.6 is 15.9 Å². The van der Waals surface area contributed by atoms with Gasteiger partial charge < -0.3 is 15.2 Å². The number of aliphatic carboxylic acids is 1. The maximum atomic E-state index is 12.3. The standard InChI is InChI=1S/C16H20BrNO4/c1-10-12(3-2-4-14(10)17)15(19)18-9-13(16(20)21)11-5-7-22-8-6-11/h2-4,11,13H,5-9H2,1H3,(H,18,19)(H,20,21). The van der Waals surface area contributed by atoms with Crippen molar-refractivity contribution in [3.05, 3.63) is 33.8 Å². The second-order valence-electron chi connectivity index (χ2n) is 5.52. The minimum atomic E-state index is -0.863. The van der Waals surface area contributed by atoms with Crippen LogP contribution in [0.25, 0.3) is 0 Å². The molecule has 1 aromatic rings. The maximum Gasteiger partial charge on any atom is 0.308 e. The summed E-state index contributed by atoms with van der Waals surface area (Å²) in [6.45, 7) is 3.18. The van der Waals surface area contributed by atoms with Crippen LogP contribution < -0.4 is 5.32 Å². The molecule has 2 N–H and O–H groups in total. The Hall–Kier alpha value is -1.40. The fourth-order valence-electron chi connectivity index (χ4n) is 2.73. The monoisotopic (exact) mass is 369 g/mol. The molecule has 1 saturated heterocycles. The van der Waals surface area contributed by atoms with Gasteiger partial charge >= 0.3 is 5.97 Å². The van der Waals surface area contributed by atoms with Gasteiger partial charge in [0.1, 0.15) is 0 Å². The number of halogens is 1. The van der Waals surface area contributed by atoms with Gasteiger partial charge in [-0.1, -0.05) is 22.0 Å². The molecule has 0 spiro atoms. The number of carboxylic acids is 1. The van der Waals surface area contributed by atoms with E-state index in [4.69, 9.17) is 4.74 Å². The Bertz CT molecular complexity index is 555. The van der Waals surface area contributed by atoms with Crippen LogP contribution in [-0.4, -0.2) is 36.7 Å². The van der Waals surface area contributed by atoms with E-state index in [1.165, 1.54) is 0 Å². The summed E-state index contributed by atoms with van der Waals surface area (Å²) in [4.78, 5) is 23.7. The Balaban J connectivity index is 2.01. The van der Waals surface area contributed by atoms with E-state index in [0.717, 1.165) is 22.9 Å². The first-order chi connectivity index (χ1) is 10.5. The summed E-state index contributed by atoms with van der Waals surface area (Å²) >= 11 is 3.39. The summed E-state index contributed by atoms with van der Waals surface area (Å²) in [6.07, 6.45) is 1.45. The van der Waals surface area contributed by atoms with E-state index in [1.54, 1.807) is 12.1 Å². The van der Waals surface area contributed by atoms with Crippen LogP contribution in [0.4, 0.5) is 0 Å². The Morgan fingerprint density at radius 2 is 2.09 bits per heavy atom. The summed E-state index contributed by atoms with van der Waals surface area (Å²) in [5, 5.41) is 12.2. The van der Waals surface area contributed by atoms with Gasteiger partial charge in [-0.15, -0.1) is 0 Å². The molecule has 2 rings (SSSR count). The summed E-state index contributed by atoms with van der Waals surface area (Å²) in [7, 11) is 0. The molecular weight excluding hydrogens is 350 g/mol. The Morgan fingerprint density at radius 3 is 2.73 bits per heavy atom. The number of carbonyl (C=O) groups excluding carboxylic acids is 1. The molecule has 0 saturated carbocycles. The average molecular weight is 370 g/mol. The number of rotatable bonds is 5. The lowest BCUT2D eigenvalue weighted by molar-refractivity contribution is -0.144. The minimum Gasteiger partial charge on any atom is -0.481 e. The second kappa shape index (κ2) is 7.74. The van der Waals surface area contributed by atoms with Crippen LogP contribution in [0.3, 0.4) is 0 Å². The van der Waals surface area contributed by atoms with Crippen molar-refractivity contribution in [2.75, 3.05) is 19.8 Å². The van der Waals surface area contributed by atoms with Crippen molar-refractivity contribution in [2.45, 2.75) is 19.8 Å². The molecule has 1 unspecified atom stereocenters. The number of nitrogens with one attached hydrogen (secondary N) is 1. The van der Waals surface area contributed by atoms with Gasteiger partial charge in [-0.3, -0.25) is 9.59 Å². The number of hydrogen-bond donors (Lipinski definition) is 2. The smallest absolute Gasteiger partial charge is 0.308 e. The SMILES string of the molecule is Cc1c(Br)cccc1C(=O)NCC(C(=O)O)C1CCOCC1. The van der Waals surface area contributed by atoms with Crippen molar-refractivity contribution in [2.24, 2.45) is 11.8 Å². The highest BCUT2D eigenvalue weighted by Gasteiger charge is 2.30. The molecule has 0 bridgehead atoms. The quantitative estimate of drug-likeness (QED) is 0.836. The van der Waals surface area contributed by atoms with Crippen LogP contribution in [0.1, 0.15) is 28.8 Å². The Morgan fingerprint density at radius 1 is 1.41 bits per heavy atom. The number of benzene rings is 1. The lowest BCUT2D eigenvalue weighted by atomic mass is 9.86. The van der Waals surface area contributed by atoms with E-state index in [1.807, 2.05) is 13.0 Å². The molecule has 0 aliphatic carbocycles. The zero-order valence-electron chi connectivity index (χ0n) is 12.5. The molecule has 0 radical (unpaired) electrons. The van der Waals surface area contributed by atoms with E-state index in [9.17, 15) is 14.7 Å². The molecule has 1 atom stereocenters. The topological polar surface area (TPSA) is 75.6 Å². The lowest BCUT2D eigenvalue weighted by Crippen LogP contribution is -2.39. The molecule has 6 heteroatoms. The number of amides is 1. The van der Waals surface area contributed by atoms with Crippen molar-refractivity contribution in [3.63, 3.8) is 0 Å². The van der Waals surface area contributed by atoms with Gasteiger partial charge in [-0.25, -0.2) is 0 Å². The van der Waals surface area contributed by atoms with Crippen LogP contribution in [0.5, 0.6) is 0 Å². The van der Waals surface area contributed by atoms with Crippen molar-refractivity contribution >= 4 is 27.8 Å². The van der Waals surface area contributed by atoms with Crippen molar-refractivity contribution in [1.82, 2.24) is 5.32 Å². The van der Waals surface area contributed by atoms with E-state index in [0.29, 0.717) is 18.8 Å². The third kappa shape index (κ3) is 4.08. The second-order valence-corrected chi connectivity index (χ2v) is 6.37. The number of carbonyl (C=O) groups is 2. The normalized spacial score (nSPS) is 17.0. The molecule has 1 amide bonds. The fourth-order valence-corrected chi connectivity index (χ4v) is 3.09. The molecule has 1 aliphatic rings. The number of carboxylic acid groups (broad SMARTS) is 1. The van der Waals surface area contributed by atoms with Gasteiger partial charge in [0.25, 0.3) is 5.91 Å². The highest BCUT2D eigenvalue weighted by Crippen LogP contribution is 2.24. The van der Waals surface area contributed by atoms with Crippen molar-refractivity contribution in [1.29, 1.82) is 0 Å². The zero-order valence-corrected chi connectivity index (χ0v) is 14.1. The highest BCUT2D eigenvalue weighted by molar-refractivity contribution is 9.10. The third-order valence-corrected chi connectivity index (χ3v) is 5.01. The zero-order chi connectivity index (χ0) is 16.1. The van der Waals surface area contributed by atoms with E-state index < -0.39 is 11.9 Å². The van der Waals surface area contributed by atoms with Gasteiger partial charge in [0.15, 0.2) is 0 Å². The van der Waals surface area contributed by atoms with Crippen molar-refractivity contribution in [3.8, 4) is 0 Å². The lowest BCUT2D eigenvalue weighted by Gasteiger charge is -2.27. The molecule has 0 aromatic heterocycles. The predicted molar refractivity (Wildman–Crippen MR) is 85.9 cm³/mol. The minimum absolute atomic E-state index is 0.0511. The van der Waals surface area contributed by atoms with Crippen LogP contribution in [0.15, 0.2) is 22.7 Å². The summed E-state index contributed by atoms with van der Waals surface area (Å²) in [6, 6.07) is 5.40. The van der Waals surface area contributed by atoms with Gasteiger partial charge in [0.05, 0.1) is 5.92 Å². The third-order valence-electron chi connectivity index (χ3n) is 4.15.